The van der Waals surface area contributed by atoms with Gasteiger partial charge in [-0.15, -0.1) is 0 Å². The number of fused-ring (bicyclic) bond motifs is 1. The van der Waals surface area contributed by atoms with Crippen LogP contribution in [0.1, 0.15) is 24.8 Å². The fourth-order valence-electron chi connectivity index (χ4n) is 3.12. The smallest absolute Gasteiger partial charge is 0.0401 e. The monoisotopic (exact) mass is 216 g/mol. The predicted octanol–water partition coefficient (Wildman–Crippen LogP) is 2.18. The molecule has 4 rings (SSSR count). The zero-order valence-electron chi connectivity index (χ0n) is 9.73. The van der Waals surface area contributed by atoms with Crippen LogP contribution in [0.5, 0.6) is 0 Å². The number of anilines is 1. The quantitative estimate of drug-likeness (QED) is 0.836. The van der Waals surface area contributed by atoms with E-state index in [1.54, 1.807) is 0 Å². The first-order valence-electron chi connectivity index (χ1n) is 6.43. The molecular weight excluding hydrogens is 196 g/mol. The first-order valence-corrected chi connectivity index (χ1v) is 6.43. The number of benzene rings is 1. The van der Waals surface area contributed by atoms with Crippen molar-refractivity contribution in [3.8, 4) is 0 Å². The second kappa shape index (κ2) is 4.10. The Labute approximate surface area is 97.4 Å². The first-order chi connectivity index (χ1) is 7.88. The number of aryl methyl sites for hydroxylation is 1. The molecule has 3 fully saturated rings. The summed E-state index contributed by atoms with van der Waals surface area (Å²) in [5.74, 6) is 0.979. The summed E-state index contributed by atoms with van der Waals surface area (Å²) >= 11 is 0. The Hall–Kier alpha value is -1.02. The van der Waals surface area contributed by atoms with Crippen LogP contribution in [0.15, 0.2) is 24.3 Å². The van der Waals surface area contributed by atoms with Gasteiger partial charge in [0.15, 0.2) is 0 Å². The Balaban J connectivity index is 1.82. The van der Waals surface area contributed by atoms with Gasteiger partial charge in [0, 0.05) is 18.3 Å². The van der Waals surface area contributed by atoms with E-state index in [9.17, 15) is 0 Å². The Kier molecular flexibility index (Phi) is 2.60. The average Bonchev–Trinajstić information content (AvgIpc) is 2.85. The molecule has 2 saturated heterocycles. The zero-order chi connectivity index (χ0) is 11.0. The van der Waals surface area contributed by atoms with Crippen molar-refractivity contribution in [2.24, 2.45) is 11.7 Å². The highest BCUT2D eigenvalue weighted by atomic mass is 15.2. The van der Waals surface area contributed by atoms with Gasteiger partial charge in [0.05, 0.1) is 0 Å². The molecule has 3 aliphatic rings. The molecule has 16 heavy (non-hydrogen) atoms. The minimum atomic E-state index is 0.792. The number of hydrogen-bond acceptors (Lipinski definition) is 2. The molecule has 86 valence electrons. The van der Waals surface area contributed by atoms with Gasteiger partial charge < -0.3 is 10.6 Å². The Morgan fingerprint density at radius 2 is 2.06 bits per heavy atom. The largest absolute Gasteiger partial charge is 0.368 e. The summed E-state index contributed by atoms with van der Waals surface area (Å²) in [4.78, 5) is 2.62. The topological polar surface area (TPSA) is 29.3 Å². The van der Waals surface area contributed by atoms with Crippen molar-refractivity contribution in [3.63, 3.8) is 0 Å². The Morgan fingerprint density at radius 1 is 1.25 bits per heavy atom. The van der Waals surface area contributed by atoms with Crippen LogP contribution in [0.3, 0.4) is 0 Å². The molecule has 2 N–H and O–H groups in total. The summed E-state index contributed by atoms with van der Waals surface area (Å²) < 4.78 is 0. The minimum absolute atomic E-state index is 0.792. The van der Waals surface area contributed by atoms with Crippen molar-refractivity contribution in [3.05, 3.63) is 29.8 Å². The van der Waals surface area contributed by atoms with Gasteiger partial charge in [0.25, 0.3) is 0 Å². The molecule has 2 heterocycles. The van der Waals surface area contributed by atoms with Gasteiger partial charge in [-0.2, -0.15) is 0 Å². The van der Waals surface area contributed by atoms with Crippen LogP contribution >= 0.6 is 0 Å². The van der Waals surface area contributed by atoms with Gasteiger partial charge >= 0.3 is 0 Å². The van der Waals surface area contributed by atoms with Gasteiger partial charge in [-0.05, 0) is 49.8 Å². The highest BCUT2D eigenvalue weighted by Gasteiger charge is 2.42. The van der Waals surface area contributed by atoms with Crippen LogP contribution in [-0.2, 0) is 6.42 Å². The summed E-state index contributed by atoms with van der Waals surface area (Å²) in [5.41, 5.74) is 8.56. The van der Waals surface area contributed by atoms with Gasteiger partial charge in [0.1, 0.15) is 0 Å². The molecule has 0 spiro atoms. The van der Waals surface area contributed by atoms with E-state index in [-0.39, 0.29) is 0 Å². The highest BCUT2D eigenvalue weighted by Crippen LogP contribution is 2.44. The number of hydrogen-bond donors (Lipinski definition) is 1. The molecule has 0 aromatic heterocycles. The van der Waals surface area contributed by atoms with Gasteiger partial charge in [-0.1, -0.05) is 18.2 Å². The maximum Gasteiger partial charge on any atom is 0.0401 e. The van der Waals surface area contributed by atoms with E-state index >= 15 is 0 Å². The minimum Gasteiger partial charge on any atom is -0.368 e. The van der Waals surface area contributed by atoms with E-state index in [2.05, 4.69) is 29.2 Å². The molecule has 2 nitrogen and oxygen atoms in total. The summed E-state index contributed by atoms with van der Waals surface area (Å²) in [7, 11) is 0. The van der Waals surface area contributed by atoms with Crippen LogP contribution in [0.4, 0.5) is 5.69 Å². The molecule has 2 aliphatic heterocycles. The van der Waals surface area contributed by atoms with Gasteiger partial charge in [0.2, 0.25) is 0 Å². The fraction of sp³-hybridized carbons (Fsp3) is 0.571. The maximum atomic E-state index is 5.60. The van der Waals surface area contributed by atoms with Crippen molar-refractivity contribution in [1.29, 1.82) is 0 Å². The van der Waals surface area contributed by atoms with Crippen LogP contribution in [0.2, 0.25) is 0 Å². The van der Waals surface area contributed by atoms with E-state index in [0.29, 0.717) is 0 Å². The fourth-order valence-corrected chi connectivity index (χ4v) is 3.12. The Morgan fingerprint density at radius 3 is 2.75 bits per heavy atom. The Bertz CT molecular complexity index is 369. The summed E-state index contributed by atoms with van der Waals surface area (Å²) in [6.45, 7) is 2.07. The second-order valence-electron chi connectivity index (χ2n) is 5.16. The van der Waals surface area contributed by atoms with Crippen LogP contribution in [0.25, 0.3) is 0 Å². The molecule has 1 aromatic carbocycles. The third-order valence-electron chi connectivity index (χ3n) is 4.06. The van der Waals surface area contributed by atoms with E-state index in [1.165, 1.54) is 30.6 Å². The average molecular weight is 216 g/mol. The molecule has 1 saturated carbocycles. The normalized spacial score (nSPS) is 26.9. The van der Waals surface area contributed by atoms with Crippen molar-refractivity contribution in [1.82, 2.24) is 0 Å². The van der Waals surface area contributed by atoms with Gasteiger partial charge in [-0.25, -0.2) is 0 Å². The van der Waals surface area contributed by atoms with E-state index in [1.807, 2.05) is 0 Å². The molecule has 1 aliphatic carbocycles. The molecule has 2 bridgehead atoms. The lowest BCUT2D eigenvalue weighted by molar-refractivity contribution is 0.381. The molecule has 0 amide bonds. The van der Waals surface area contributed by atoms with Crippen molar-refractivity contribution < 1.29 is 0 Å². The maximum absolute atomic E-state index is 5.60. The summed E-state index contributed by atoms with van der Waals surface area (Å²) in [6, 6.07) is 9.70. The van der Waals surface area contributed by atoms with E-state index < -0.39 is 0 Å². The molecule has 0 radical (unpaired) electrons. The second-order valence-corrected chi connectivity index (χ2v) is 5.16. The van der Waals surface area contributed by atoms with Crippen molar-refractivity contribution in [2.75, 3.05) is 18.0 Å². The zero-order valence-corrected chi connectivity index (χ0v) is 9.73. The molecule has 0 unspecified atom stereocenters. The molecule has 1 aromatic rings. The lowest BCUT2D eigenvalue weighted by atomic mass is 9.86. The number of nitrogens with two attached hydrogens (primary N) is 1. The summed E-state index contributed by atoms with van der Waals surface area (Å²) in [5, 5.41) is 0. The number of nitrogens with zero attached hydrogens (tertiary/aromatic N) is 1. The first kappa shape index (κ1) is 10.2. The number of para-hydroxylation sites is 1. The van der Waals surface area contributed by atoms with E-state index in [4.69, 9.17) is 5.73 Å². The SMILES string of the molecule is NCCCc1ccccc1N1CC2CC1C2. The lowest BCUT2D eigenvalue weighted by Crippen LogP contribution is -2.29. The van der Waals surface area contributed by atoms with E-state index in [0.717, 1.165) is 31.3 Å². The third-order valence-corrected chi connectivity index (χ3v) is 4.06. The van der Waals surface area contributed by atoms with Crippen molar-refractivity contribution >= 4 is 5.69 Å². The predicted molar refractivity (Wildman–Crippen MR) is 67.7 cm³/mol. The van der Waals surface area contributed by atoms with Crippen LogP contribution in [0, 0.1) is 5.92 Å². The summed E-state index contributed by atoms with van der Waals surface area (Å²) in [6.07, 6.45) is 5.07. The van der Waals surface area contributed by atoms with Crippen LogP contribution in [-0.4, -0.2) is 19.1 Å². The standard InChI is InChI=1S/C14H20N2/c15-7-3-5-12-4-1-2-6-14(12)16-10-11-8-13(16)9-11/h1-2,4,6,11,13H,3,5,7-10,15H2. The molecule has 0 atom stereocenters. The van der Waals surface area contributed by atoms with Crippen LogP contribution < -0.4 is 10.6 Å². The third kappa shape index (κ3) is 1.61. The lowest BCUT2D eigenvalue weighted by Gasteiger charge is -2.28. The molecule has 2 heteroatoms. The van der Waals surface area contributed by atoms with Crippen molar-refractivity contribution in [2.45, 2.75) is 31.7 Å². The van der Waals surface area contributed by atoms with Gasteiger partial charge in [-0.3, -0.25) is 0 Å². The number of rotatable bonds is 4. The molecular formula is C14H20N2. The highest BCUT2D eigenvalue weighted by molar-refractivity contribution is 5.56.